The minimum atomic E-state index is 0.561. The smallest absolute Gasteiger partial charge is 0.0248 e. The third-order valence-electron chi connectivity index (χ3n) is 2.94. The number of rotatable bonds is 2. The lowest BCUT2D eigenvalue weighted by Gasteiger charge is -2.18. The molecule has 1 fully saturated rings. The Labute approximate surface area is 89.2 Å². The molecule has 0 aromatic heterocycles. The number of alkyl halides is 1. The Kier molecular flexibility index (Phi) is 2.92. The zero-order valence-electron chi connectivity index (χ0n) is 7.91. The van der Waals surface area contributed by atoms with Gasteiger partial charge in [-0.05, 0) is 30.6 Å². The van der Waals surface area contributed by atoms with E-state index in [1.54, 1.807) is 0 Å². The van der Waals surface area contributed by atoms with E-state index in [-0.39, 0.29) is 0 Å². The molecule has 4 unspecified atom stereocenters. The van der Waals surface area contributed by atoms with Gasteiger partial charge in [-0.2, -0.15) is 0 Å². The van der Waals surface area contributed by atoms with E-state index in [1.807, 2.05) is 0 Å². The maximum Gasteiger partial charge on any atom is 0.0248 e. The number of hydrogen-bond donors (Lipinski definition) is 0. The second-order valence-corrected chi connectivity index (χ2v) is 4.94. The molecule has 0 N–H and O–H groups in total. The van der Waals surface area contributed by atoms with Crippen molar-refractivity contribution < 1.29 is 0 Å². The van der Waals surface area contributed by atoms with Crippen LogP contribution < -0.4 is 0 Å². The van der Waals surface area contributed by atoms with E-state index in [0.717, 1.165) is 0 Å². The molecule has 2 aliphatic carbocycles. The molecule has 0 aromatic rings. The first kappa shape index (κ1) is 9.51. The fourth-order valence-corrected chi connectivity index (χ4v) is 3.18. The average Bonchev–Trinajstić information content (AvgIpc) is 2.46. The van der Waals surface area contributed by atoms with E-state index >= 15 is 0 Å². The van der Waals surface area contributed by atoms with Crippen molar-refractivity contribution in [1.29, 1.82) is 0 Å². The Bertz CT molecular complexity index is 229. The Hall–Kier alpha value is -0.0400. The average molecular weight is 239 g/mol. The first-order valence-corrected chi connectivity index (χ1v) is 5.99. The van der Waals surface area contributed by atoms with Crippen LogP contribution in [0.15, 0.2) is 24.3 Å². The van der Waals surface area contributed by atoms with E-state index in [4.69, 9.17) is 0 Å². The SMILES string of the molecule is CCCC1[C]C2C=CC=CC2C1Br. The van der Waals surface area contributed by atoms with Gasteiger partial charge in [0.25, 0.3) is 0 Å². The van der Waals surface area contributed by atoms with Crippen LogP contribution in [-0.4, -0.2) is 4.83 Å². The fourth-order valence-electron chi connectivity index (χ4n) is 2.26. The largest absolute Gasteiger partial charge is 0.0881 e. The highest BCUT2D eigenvalue weighted by Crippen LogP contribution is 2.44. The summed E-state index contributed by atoms with van der Waals surface area (Å²) in [5.41, 5.74) is 0. The fraction of sp³-hybridized carbons (Fsp3) is 0.583. The third kappa shape index (κ3) is 1.76. The molecule has 0 nitrogen and oxygen atoms in total. The van der Waals surface area contributed by atoms with Crippen molar-refractivity contribution in [3.05, 3.63) is 30.7 Å². The zero-order chi connectivity index (χ0) is 9.26. The van der Waals surface area contributed by atoms with Crippen molar-refractivity contribution in [3.8, 4) is 0 Å². The molecular formula is C12H15Br. The van der Waals surface area contributed by atoms with Crippen LogP contribution in [0.1, 0.15) is 19.8 Å². The van der Waals surface area contributed by atoms with Crippen LogP contribution in [0.25, 0.3) is 0 Å². The molecule has 70 valence electrons. The summed E-state index contributed by atoms with van der Waals surface area (Å²) in [5, 5.41) is 0. The van der Waals surface area contributed by atoms with Crippen molar-refractivity contribution >= 4 is 15.9 Å². The molecule has 4 atom stereocenters. The predicted octanol–water partition coefficient (Wildman–Crippen LogP) is 3.62. The standard InChI is InChI=1S/C12H15Br/c1-2-5-10-8-9-6-3-4-7-11(9)12(10)13/h3-4,6-7,9-12H,2,5H2,1H3. The summed E-state index contributed by atoms with van der Waals surface area (Å²) in [6.45, 7) is 2.25. The van der Waals surface area contributed by atoms with E-state index in [0.29, 0.717) is 22.6 Å². The summed E-state index contributed by atoms with van der Waals surface area (Å²) in [6, 6.07) is 0. The van der Waals surface area contributed by atoms with E-state index in [1.165, 1.54) is 12.8 Å². The van der Waals surface area contributed by atoms with Crippen LogP contribution in [0.5, 0.6) is 0 Å². The molecule has 2 aliphatic rings. The van der Waals surface area contributed by atoms with Crippen LogP contribution in [-0.2, 0) is 0 Å². The monoisotopic (exact) mass is 238 g/mol. The summed E-state index contributed by atoms with van der Waals surface area (Å²) in [7, 11) is 0. The van der Waals surface area contributed by atoms with Gasteiger partial charge in [0.05, 0.1) is 0 Å². The topological polar surface area (TPSA) is 0 Å². The van der Waals surface area contributed by atoms with Crippen molar-refractivity contribution in [3.63, 3.8) is 0 Å². The van der Waals surface area contributed by atoms with Crippen LogP contribution in [0.4, 0.5) is 0 Å². The first-order chi connectivity index (χ1) is 6.33. The number of allylic oxidation sites excluding steroid dienone is 4. The van der Waals surface area contributed by atoms with Gasteiger partial charge < -0.3 is 0 Å². The van der Waals surface area contributed by atoms with Crippen molar-refractivity contribution in [2.24, 2.45) is 17.8 Å². The normalized spacial score (nSPS) is 42.3. The van der Waals surface area contributed by atoms with Crippen LogP contribution in [0, 0.1) is 24.2 Å². The summed E-state index contributed by atoms with van der Waals surface area (Å²) < 4.78 is 0. The molecule has 0 aliphatic heterocycles. The molecule has 0 bridgehead atoms. The molecule has 0 saturated heterocycles. The molecule has 2 rings (SSSR count). The van der Waals surface area contributed by atoms with E-state index in [2.05, 4.69) is 53.6 Å². The molecule has 1 saturated carbocycles. The molecular weight excluding hydrogens is 224 g/mol. The maximum atomic E-state index is 3.80. The second-order valence-electron chi connectivity index (χ2n) is 3.88. The second kappa shape index (κ2) is 4.00. The van der Waals surface area contributed by atoms with Gasteiger partial charge in [-0.15, -0.1) is 0 Å². The quantitative estimate of drug-likeness (QED) is 0.645. The van der Waals surface area contributed by atoms with Crippen LogP contribution >= 0.6 is 15.9 Å². The minimum Gasteiger partial charge on any atom is -0.0881 e. The van der Waals surface area contributed by atoms with Gasteiger partial charge in [0.2, 0.25) is 0 Å². The zero-order valence-corrected chi connectivity index (χ0v) is 9.50. The van der Waals surface area contributed by atoms with Crippen LogP contribution in [0.2, 0.25) is 0 Å². The minimum absolute atomic E-state index is 0.561. The van der Waals surface area contributed by atoms with Gasteiger partial charge in [0.15, 0.2) is 0 Å². The number of hydrogen-bond acceptors (Lipinski definition) is 0. The van der Waals surface area contributed by atoms with Gasteiger partial charge in [0.1, 0.15) is 0 Å². The summed E-state index contributed by atoms with van der Waals surface area (Å²) >= 11 is 3.80. The molecule has 0 aromatic carbocycles. The highest BCUT2D eigenvalue weighted by molar-refractivity contribution is 9.09. The van der Waals surface area contributed by atoms with Gasteiger partial charge in [-0.1, -0.05) is 53.6 Å². The Morgan fingerprint density at radius 1 is 1.31 bits per heavy atom. The summed E-state index contributed by atoms with van der Waals surface area (Å²) in [5.74, 6) is 1.86. The summed E-state index contributed by atoms with van der Waals surface area (Å²) in [4.78, 5) is 0.610. The lowest BCUT2D eigenvalue weighted by atomic mass is 9.92. The van der Waals surface area contributed by atoms with Crippen molar-refractivity contribution in [1.82, 2.24) is 0 Å². The molecule has 2 radical (unpaired) electrons. The van der Waals surface area contributed by atoms with E-state index in [9.17, 15) is 0 Å². The number of halogens is 1. The molecule has 0 heterocycles. The highest BCUT2D eigenvalue weighted by atomic mass is 79.9. The van der Waals surface area contributed by atoms with Crippen LogP contribution in [0.3, 0.4) is 0 Å². The Morgan fingerprint density at radius 3 is 2.77 bits per heavy atom. The Balaban J connectivity index is 2.06. The first-order valence-electron chi connectivity index (χ1n) is 5.08. The number of fused-ring (bicyclic) bond motifs is 1. The molecule has 0 spiro atoms. The third-order valence-corrected chi connectivity index (χ3v) is 4.18. The van der Waals surface area contributed by atoms with Gasteiger partial charge in [-0.25, -0.2) is 0 Å². The summed E-state index contributed by atoms with van der Waals surface area (Å²) in [6.07, 6.45) is 15.1. The van der Waals surface area contributed by atoms with Gasteiger partial charge >= 0.3 is 0 Å². The highest BCUT2D eigenvalue weighted by Gasteiger charge is 2.39. The van der Waals surface area contributed by atoms with Gasteiger partial charge in [0, 0.05) is 4.83 Å². The molecule has 0 amide bonds. The van der Waals surface area contributed by atoms with Crippen molar-refractivity contribution in [2.75, 3.05) is 0 Å². The molecule has 13 heavy (non-hydrogen) atoms. The predicted molar refractivity (Wildman–Crippen MR) is 59.6 cm³/mol. The lowest BCUT2D eigenvalue weighted by molar-refractivity contribution is 0.539. The maximum absolute atomic E-state index is 3.80. The Morgan fingerprint density at radius 2 is 2.08 bits per heavy atom. The van der Waals surface area contributed by atoms with E-state index < -0.39 is 0 Å². The van der Waals surface area contributed by atoms with Gasteiger partial charge in [-0.3, -0.25) is 0 Å². The molecule has 1 heteroatoms. The lowest BCUT2D eigenvalue weighted by Crippen LogP contribution is -2.15. The van der Waals surface area contributed by atoms with Crippen molar-refractivity contribution in [2.45, 2.75) is 24.6 Å².